The highest BCUT2D eigenvalue weighted by Crippen LogP contribution is 2.22. The van der Waals surface area contributed by atoms with Crippen LogP contribution >= 0.6 is 11.3 Å². The van der Waals surface area contributed by atoms with Gasteiger partial charge in [-0.15, -0.1) is 11.3 Å². The summed E-state index contributed by atoms with van der Waals surface area (Å²) in [6.07, 6.45) is 3.05. The van der Waals surface area contributed by atoms with Crippen molar-refractivity contribution in [2.45, 2.75) is 44.8 Å². The van der Waals surface area contributed by atoms with Gasteiger partial charge < -0.3 is 5.32 Å². The van der Waals surface area contributed by atoms with E-state index in [9.17, 15) is 4.39 Å². The van der Waals surface area contributed by atoms with Crippen LogP contribution in [-0.2, 0) is 12.8 Å². The van der Waals surface area contributed by atoms with E-state index in [2.05, 4.69) is 24.4 Å². The van der Waals surface area contributed by atoms with Gasteiger partial charge in [0.2, 0.25) is 0 Å². The Morgan fingerprint density at radius 3 is 2.93 bits per heavy atom. The van der Waals surface area contributed by atoms with Crippen LogP contribution in [0.3, 0.4) is 0 Å². The summed E-state index contributed by atoms with van der Waals surface area (Å²) in [6, 6.07) is 4.29. The zero-order valence-corrected chi connectivity index (χ0v) is 9.95. The van der Waals surface area contributed by atoms with E-state index in [0.29, 0.717) is 6.42 Å². The maximum absolute atomic E-state index is 13.9. The Labute approximate surface area is 94.7 Å². The van der Waals surface area contributed by atoms with Crippen LogP contribution in [0.1, 0.15) is 29.5 Å². The van der Waals surface area contributed by atoms with Crippen molar-refractivity contribution in [1.29, 1.82) is 0 Å². The van der Waals surface area contributed by atoms with Crippen LogP contribution in [0.2, 0.25) is 0 Å². The zero-order chi connectivity index (χ0) is 10.7. The molecule has 15 heavy (non-hydrogen) atoms. The third-order valence-electron chi connectivity index (χ3n) is 3.00. The lowest BCUT2D eigenvalue weighted by molar-refractivity contribution is 0.265. The molecule has 1 nitrogen and oxygen atoms in total. The van der Waals surface area contributed by atoms with E-state index in [-0.39, 0.29) is 6.04 Å². The second kappa shape index (κ2) is 5.08. The molecule has 2 atom stereocenters. The smallest absolute Gasteiger partial charge is 0.120 e. The van der Waals surface area contributed by atoms with Crippen molar-refractivity contribution in [1.82, 2.24) is 5.32 Å². The summed E-state index contributed by atoms with van der Waals surface area (Å²) in [6.45, 7) is 3.12. The summed E-state index contributed by atoms with van der Waals surface area (Å²) in [7, 11) is 0. The first-order chi connectivity index (χ1) is 7.29. The molecule has 0 spiro atoms. The summed E-state index contributed by atoms with van der Waals surface area (Å²) in [4.78, 5) is 2.55. The molecule has 1 fully saturated rings. The lowest BCUT2D eigenvalue weighted by Crippen LogP contribution is -2.32. The second-order valence-electron chi connectivity index (χ2n) is 4.14. The van der Waals surface area contributed by atoms with Gasteiger partial charge in [-0.3, -0.25) is 0 Å². The first kappa shape index (κ1) is 11.1. The van der Waals surface area contributed by atoms with E-state index >= 15 is 0 Å². The summed E-state index contributed by atoms with van der Waals surface area (Å²) in [5.41, 5.74) is 0. The molecular formula is C12H18FNS. The molecule has 1 saturated heterocycles. The number of rotatable bonds is 4. The van der Waals surface area contributed by atoms with Gasteiger partial charge in [-0.2, -0.15) is 0 Å². The van der Waals surface area contributed by atoms with E-state index in [1.54, 1.807) is 11.3 Å². The molecule has 1 aliphatic rings. The highest BCUT2D eigenvalue weighted by molar-refractivity contribution is 7.11. The molecule has 0 aliphatic carbocycles. The van der Waals surface area contributed by atoms with Crippen molar-refractivity contribution >= 4 is 11.3 Å². The Morgan fingerprint density at radius 1 is 1.53 bits per heavy atom. The van der Waals surface area contributed by atoms with Gasteiger partial charge in [0.25, 0.3) is 0 Å². The van der Waals surface area contributed by atoms with Gasteiger partial charge in [0.1, 0.15) is 6.17 Å². The molecular weight excluding hydrogens is 209 g/mol. The van der Waals surface area contributed by atoms with Crippen LogP contribution in [0.15, 0.2) is 12.1 Å². The largest absolute Gasteiger partial charge is 0.311 e. The van der Waals surface area contributed by atoms with Gasteiger partial charge in [0.05, 0.1) is 0 Å². The van der Waals surface area contributed by atoms with Gasteiger partial charge in [0.15, 0.2) is 0 Å². The van der Waals surface area contributed by atoms with Crippen molar-refractivity contribution < 1.29 is 4.39 Å². The molecule has 0 amide bonds. The van der Waals surface area contributed by atoms with Crippen molar-refractivity contribution in [3.8, 4) is 0 Å². The van der Waals surface area contributed by atoms with E-state index in [4.69, 9.17) is 0 Å². The van der Waals surface area contributed by atoms with Crippen LogP contribution in [0.4, 0.5) is 4.39 Å². The van der Waals surface area contributed by atoms with E-state index < -0.39 is 6.17 Å². The van der Waals surface area contributed by atoms with Crippen molar-refractivity contribution in [3.05, 3.63) is 21.9 Å². The molecule has 1 aliphatic heterocycles. The highest BCUT2D eigenvalue weighted by atomic mass is 32.1. The predicted molar refractivity (Wildman–Crippen MR) is 63.3 cm³/mol. The number of thiophene rings is 1. The molecule has 1 aromatic heterocycles. The van der Waals surface area contributed by atoms with Crippen LogP contribution in [0.25, 0.3) is 0 Å². The topological polar surface area (TPSA) is 12.0 Å². The Kier molecular flexibility index (Phi) is 3.76. The first-order valence-corrected chi connectivity index (χ1v) is 6.56. The molecule has 1 aromatic rings. The third-order valence-corrected chi connectivity index (χ3v) is 4.25. The van der Waals surface area contributed by atoms with Crippen LogP contribution < -0.4 is 5.32 Å². The fourth-order valence-electron chi connectivity index (χ4n) is 2.08. The summed E-state index contributed by atoms with van der Waals surface area (Å²) in [5, 5.41) is 3.23. The van der Waals surface area contributed by atoms with Gasteiger partial charge in [-0.25, -0.2) is 4.39 Å². The minimum absolute atomic E-state index is 0.0946. The molecule has 1 N–H and O–H groups in total. The monoisotopic (exact) mass is 227 g/mol. The number of hydrogen-bond acceptors (Lipinski definition) is 2. The molecule has 0 saturated carbocycles. The molecule has 3 heteroatoms. The Balaban J connectivity index is 1.89. The number of halogens is 1. The predicted octanol–water partition coefficient (Wildman–Crippen LogP) is 2.94. The van der Waals surface area contributed by atoms with Crippen molar-refractivity contribution in [2.24, 2.45) is 0 Å². The molecule has 2 unspecified atom stereocenters. The minimum Gasteiger partial charge on any atom is -0.311 e. The van der Waals surface area contributed by atoms with Crippen molar-refractivity contribution in [3.63, 3.8) is 0 Å². The van der Waals surface area contributed by atoms with E-state index in [1.807, 2.05) is 0 Å². The lowest BCUT2D eigenvalue weighted by atomic mass is 10.1. The summed E-state index contributed by atoms with van der Waals surface area (Å²) >= 11 is 1.75. The minimum atomic E-state index is -0.712. The Bertz CT molecular complexity index is 304. The number of alkyl halides is 1. The van der Waals surface area contributed by atoms with Gasteiger partial charge in [-0.1, -0.05) is 6.92 Å². The van der Waals surface area contributed by atoms with E-state index in [1.165, 1.54) is 9.75 Å². The fraction of sp³-hybridized carbons (Fsp3) is 0.667. The van der Waals surface area contributed by atoms with Crippen LogP contribution in [0, 0.1) is 0 Å². The molecule has 0 aromatic carbocycles. The fourth-order valence-corrected chi connectivity index (χ4v) is 3.07. The molecule has 2 heterocycles. The first-order valence-electron chi connectivity index (χ1n) is 5.74. The Hall–Kier alpha value is -0.410. The number of aryl methyl sites for hydroxylation is 1. The zero-order valence-electron chi connectivity index (χ0n) is 9.13. The quantitative estimate of drug-likeness (QED) is 0.834. The molecule has 0 radical (unpaired) electrons. The Morgan fingerprint density at radius 2 is 2.33 bits per heavy atom. The molecule has 0 bridgehead atoms. The molecule has 2 rings (SSSR count). The molecule has 84 valence electrons. The second-order valence-corrected chi connectivity index (χ2v) is 5.40. The average molecular weight is 227 g/mol. The summed E-state index contributed by atoms with van der Waals surface area (Å²) in [5.74, 6) is 0. The van der Waals surface area contributed by atoms with Crippen molar-refractivity contribution in [2.75, 3.05) is 6.54 Å². The number of nitrogens with one attached hydrogen (secondary N) is 1. The van der Waals surface area contributed by atoms with E-state index in [0.717, 1.165) is 25.8 Å². The lowest BCUT2D eigenvalue weighted by Gasteiger charge is -2.14. The van der Waals surface area contributed by atoms with Gasteiger partial charge >= 0.3 is 0 Å². The van der Waals surface area contributed by atoms with Crippen LogP contribution in [-0.4, -0.2) is 18.8 Å². The maximum Gasteiger partial charge on any atom is 0.120 e. The summed E-state index contributed by atoms with van der Waals surface area (Å²) < 4.78 is 13.9. The third kappa shape index (κ3) is 2.79. The van der Waals surface area contributed by atoms with Gasteiger partial charge in [-0.05, 0) is 37.9 Å². The highest BCUT2D eigenvalue weighted by Gasteiger charge is 2.24. The van der Waals surface area contributed by atoms with Crippen LogP contribution in [0.5, 0.6) is 0 Å². The normalized spacial score (nSPS) is 23.2. The standard InChI is InChI=1S/C12H18FNS/c1-2-9-5-6-10(15-9)8-11(13)12-4-3-7-14-12/h5-6,11-12,14H,2-4,7-8H2,1H3. The number of hydrogen-bond donors (Lipinski definition) is 1. The maximum atomic E-state index is 13.9. The average Bonchev–Trinajstić information content (AvgIpc) is 2.87. The SMILES string of the molecule is CCc1ccc(CC(F)C2CCCN2)s1. The van der Waals surface area contributed by atoms with Gasteiger partial charge in [0, 0.05) is 22.2 Å².